The summed E-state index contributed by atoms with van der Waals surface area (Å²) >= 11 is 0. The summed E-state index contributed by atoms with van der Waals surface area (Å²) in [5.74, 6) is -1.15. The standard InChI is InChI=1S/C11H14N2O6S/c1-19-11(16)12-20(17,18)13(8-7-10(14)15)9-5-3-2-4-6-9/h2-6H,7-8H2,1H3,(H,12,16)(H,14,15). The van der Waals surface area contributed by atoms with Crippen LogP contribution < -0.4 is 9.03 Å². The lowest BCUT2D eigenvalue weighted by molar-refractivity contribution is -0.136. The van der Waals surface area contributed by atoms with Crippen LogP contribution in [0.15, 0.2) is 30.3 Å². The van der Waals surface area contributed by atoms with E-state index in [0.717, 1.165) is 11.4 Å². The Morgan fingerprint density at radius 1 is 1.30 bits per heavy atom. The van der Waals surface area contributed by atoms with Gasteiger partial charge in [0.25, 0.3) is 0 Å². The molecule has 9 heteroatoms. The number of methoxy groups -OCH3 is 1. The van der Waals surface area contributed by atoms with Gasteiger partial charge in [0.1, 0.15) is 0 Å². The molecule has 0 atom stereocenters. The van der Waals surface area contributed by atoms with Crippen molar-refractivity contribution in [3.63, 3.8) is 0 Å². The number of nitrogens with one attached hydrogen (secondary N) is 1. The van der Waals surface area contributed by atoms with Crippen LogP contribution in [0.1, 0.15) is 6.42 Å². The number of para-hydroxylation sites is 1. The van der Waals surface area contributed by atoms with Crippen LogP contribution in [0.5, 0.6) is 0 Å². The third-order valence-electron chi connectivity index (χ3n) is 2.26. The Balaban J connectivity index is 3.04. The van der Waals surface area contributed by atoms with Gasteiger partial charge in [-0.2, -0.15) is 8.42 Å². The molecule has 0 aromatic heterocycles. The van der Waals surface area contributed by atoms with Crippen LogP contribution >= 0.6 is 0 Å². The predicted molar refractivity (Wildman–Crippen MR) is 70.5 cm³/mol. The first-order chi connectivity index (χ1) is 9.36. The number of nitrogens with zero attached hydrogens (tertiary/aromatic N) is 1. The van der Waals surface area contributed by atoms with Crippen molar-refractivity contribution in [1.82, 2.24) is 4.72 Å². The molecular weight excluding hydrogens is 288 g/mol. The average Bonchev–Trinajstić information content (AvgIpc) is 2.38. The second-order valence-corrected chi connectivity index (χ2v) is 5.25. The highest BCUT2D eigenvalue weighted by Gasteiger charge is 2.25. The van der Waals surface area contributed by atoms with E-state index in [4.69, 9.17) is 5.11 Å². The molecule has 0 radical (unpaired) electrons. The van der Waals surface area contributed by atoms with Crippen molar-refractivity contribution in [2.75, 3.05) is 18.0 Å². The Bertz CT molecular complexity index is 572. The lowest BCUT2D eigenvalue weighted by Gasteiger charge is -2.23. The van der Waals surface area contributed by atoms with Crippen molar-refractivity contribution >= 4 is 28.0 Å². The quantitative estimate of drug-likeness (QED) is 0.794. The van der Waals surface area contributed by atoms with Gasteiger partial charge in [0, 0.05) is 6.54 Å². The van der Waals surface area contributed by atoms with E-state index in [1.54, 1.807) is 22.9 Å². The molecule has 1 amide bonds. The Kier molecular flexibility index (Phi) is 5.32. The van der Waals surface area contributed by atoms with Crippen LogP contribution in [-0.2, 0) is 19.7 Å². The minimum atomic E-state index is -4.24. The highest BCUT2D eigenvalue weighted by molar-refractivity contribution is 7.91. The molecule has 8 nitrogen and oxygen atoms in total. The van der Waals surface area contributed by atoms with E-state index in [1.165, 1.54) is 12.1 Å². The second kappa shape index (κ2) is 6.75. The normalized spacial score (nSPS) is 10.7. The first-order valence-electron chi connectivity index (χ1n) is 5.52. The molecule has 0 unspecified atom stereocenters. The van der Waals surface area contributed by atoms with E-state index in [9.17, 15) is 18.0 Å². The Morgan fingerprint density at radius 2 is 1.90 bits per heavy atom. The summed E-state index contributed by atoms with van der Waals surface area (Å²) in [7, 11) is -3.21. The molecule has 1 aromatic rings. The predicted octanol–water partition coefficient (Wildman–Crippen LogP) is 0.568. The van der Waals surface area contributed by atoms with Gasteiger partial charge in [-0.3, -0.25) is 9.10 Å². The van der Waals surface area contributed by atoms with Gasteiger partial charge in [0.2, 0.25) is 0 Å². The fourth-order valence-electron chi connectivity index (χ4n) is 1.38. The second-order valence-electron chi connectivity index (χ2n) is 3.65. The van der Waals surface area contributed by atoms with E-state index < -0.39 is 28.7 Å². The molecule has 0 heterocycles. The lowest BCUT2D eigenvalue weighted by atomic mass is 10.3. The zero-order valence-corrected chi connectivity index (χ0v) is 11.5. The molecule has 0 saturated carbocycles. The number of anilines is 1. The molecule has 1 aromatic carbocycles. The zero-order valence-electron chi connectivity index (χ0n) is 10.6. The number of carboxylic acid groups (broad SMARTS) is 1. The van der Waals surface area contributed by atoms with E-state index in [2.05, 4.69) is 4.74 Å². The SMILES string of the molecule is COC(=O)NS(=O)(=O)N(CCC(=O)O)c1ccccc1. The van der Waals surface area contributed by atoms with E-state index in [1.807, 2.05) is 0 Å². The van der Waals surface area contributed by atoms with Crippen molar-refractivity contribution in [2.24, 2.45) is 0 Å². The summed E-state index contributed by atoms with van der Waals surface area (Å²) in [4.78, 5) is 21.7. The van der Waals surface area contributed by atoms with Gasteiger partial charge in [-0.25, -0.2) is 9.52 Å². The van der Waals surface area contributed by atoms with Crippen LogP contribution in [0.3, 0.4) is 0 Å². The van der Waals surface area contributed by atoms with Crippen molar-refractivity contribution < 1.29 is 27.9 Å². The van der Waals surface area contributed by atoms with Gasteiger partial charge in [-0.1, -0.05) is 18.2 Å². The first-order valence-corrected chi connectivity index (χ1v) is 6.96. The Labute approximate surface area is 116 Å². The van der Waals surface area contributed by atoms with Crippen LogP contribution in [0.2, 0.25) is 0 Å². The fraction of sp³-hybridized carbons (Fsp3) is 0.273. The molecule has 0 saturated heterocycles. The lowest BCUT2D eigenvalue weighted by Crippen LogP contribution is -2.44. The number of carboxylic acids is 1. The summed E-state index contributed by atoms with van der Waals surface area (Å²) in [5, 5.41) is 8.67. The number of hydrogen-bond acceptors (Lipinski definition) is 5. The average molecular weight is 302 g/mol. The smallest absolute Gasteiger partial charge is 0.422 e. The largest absolute Gasteiger partial charge is 0.481 e. The van der Waals surface area contributed by atoms with Crippen LogP contribution in [0.4, 0.5) is 10.5 Å². The molecule has 0 spiro atoms. The molecule has 0 aliphatic carbocycles. The molecule has 1 rings (SSSR count). The number of ether oxygens (including phenoxy) is 1. The summed E-state index contributed by atoms with van der Waals surface area (Å²) in [6, 6.07) is 7.84. The van der Waals surface area contributed by atoms with E-state index >= 15 is 0 Å². The summed E-state index contributed by atoms with van der Waals surface area (Å²) in [6.45, 7) is -0.314. The Morgan fingerprint density at radius 3 is 2.40 bits per heavy atom. The minimum Gasteiger partial charge on any atom is -0.481 e. The maximum atomic E-state index is 12.0. The molecule has 0 aliphatic rings. The number of aliphatic carboxylic acids is 1. The van der Waals surface area contributed by atoms with Crippen molar-refractivity contribution in [3.8, 4) is 0 Å². The van der Waals surface area contributed by atoms with Crippen molar-refractivity contribution in [1.29, 1.82) is 0 Å². The van der Waals surface area contributed by atoms with Gasteiger partial charge < -0.3 is 9.84 Å². The molecule has 110 valence electrons. The van der Waals surface area contributed by atoms with Gasteiger partial charge in [-0.05, 0) is 12.1 Å². The molecule has 20 heavy (non-hydrogen) atoms. The van der Waals surface area contributed by atoms with Crippen molar-refractivity contribution in [2.45, 2.75) is 6.42 Å². The number of carbonyl (C=O) groups is 2. The molecule has 0 bridgehead atoms. The molecule has 0 aliphatic heterocycles. The van der Waals surface area contributed by atoms with Gasteiger partial charge in [0.05, 0.1) is 19.2 Å². The monoisotopic (exact) mass is 302 g/mol. The van der Waals surface area contributed by atoms with Gasteiger partial charge in [0.15, 0.2) is 0 Å². The van der Waals surface area contributed by atoms with Crippen molar-refractivity contribution in [3.05, 3.63) is 30.3 Å². The number of carbonyl (C=O) groups excluding carboxylic acids is 1. The highest BCUT2D eigenvalue weighted by atomic mass is 32.2. The van der Waals surface area contributed by atoms with E-state index in [0.29, 0.717) is 0 Å². The van der Waals surface area contributed by atoms with Crippen LogP contribution in [0, 0.1) is 0 Å². The van der Waals surface area contributed by atoms with Gasteiger partial charge >= 0.3 is 22.3 Å². The molecule has 0 fully saturated rings. The minimum absolute atomic E-state index is 0.241. The summed E-state index contributed by atoms with van der Waals surface area (Å²) in [6.07, 6.45) is -1.56. The Hall–Kier alpha value is -2.29. The first kappa shape index (κ1) is 15.8. The molecule has 2 N–H and O–H groups in total. The van der Waals surface area contributed by atoms with Crippen LogP contribution in [0.25, 0.3) is 0 Å². The number of hydrogen-bond donors (Lipinski definition) is 2. The summed E-state index contributed by atoms with van der Waals surface area (Å²) < 4.78 is 30.8. The highest BCUT2D eigenvalue weighted by Crippen LogP contribution is 2.17. The molecular formula is C11H14N2O6S. The zero-order chi connectivity index (χ0) is 15.2. The van der Waals surface area contributed by atoms with Gasteiger partial charge in [-0.15, -0.1) is 0 Å². The third kappa shape index (κ3) is 4.43. The van der Waals surface area contributed by atoms with Crippen LogP contribution in [-0.4, -0.2) is 39.2 Å². The maximum Gasteiger partial charge on any atom is 0.422 e. The topological polar surface area (TPSA) is 113 Å². The summed E-state index contributed by atoms with van der Waals surface area (Å²) in [5.41, 5.74) is 0.241. The number of benzene rings is 1. The third-order valence-corrected chi connectivity index (χ3v) is 3.66. The number of rotatable bonds is 6. The maximum absolute atomic E-state index is 12.0. The van der Waals surface area contributed by atoms with E-state index in [-0.39, 0.29) is 12.2 Å². The number of amides is 1. The fourth-order valence-corrected chi connectivity index (χ4v) is 2.52.